The van der Waals surface area contributed by atoms with Crippen LogP contribution in [0, 0.1) is 0 Å². The molecule has 3 aliphatic heterocycles. The highest BCUT2D eigenvalue weighted by Gasteiger charge is 2.44. The Morgan fingerprint density at radius 2 is 1.79 bits per heavy atom. The number of piperidine rings is 1. The number of hydrogen-bond donors (Lipinski definition) is 3. The maximum Gasteiger partial charge on any atom is 0.410 e. The molecule has 1 fully saturated rings. The first kappa shape index (κ1) is 30.8. The molecule has 0 bridgehead atoms. The van der Waals surface area contributed by atoms with Gasteiger partial charge in [0, 0.05) is 30.2 Å². The van der Waals surface area contributed by atoms with E-state index in [1.807, 2.05) is 61.1 Å². The lowest BCUT2D eigenvalue weighted by atomic mass is 9.95. The van der Waals surface area contributed by atoms with Crippen molar-refractivity contribution in [1.29, 1.82) is 0 Å². The molecule has 0 saturated carbocycles. The number of carbonyl (C=O) groups excluding carboxylic acids is 2. The average molecular weight is 633 g/mol. The molecule has 5 rings (SSSR count). The Labute approximate surface area is 258 Å². The van der Waals surface area contributed by atoms with E-state index in [4.69, 9.17) is 27.9 Å². The van der Waals surface area contributed by atoms with Gasteiger partial charge in [0.15, 0.2) is 0 Å². The van der Waals surface area contributed by atoms with Gasteiger partial charge in [0.1, 0.15) is 11.6 Å². The zero-order chi connectivity index (χ0) is 30.2. The number of nitrogens with one attached hydrogen (secondary N) is 2. The molecule has 0 spiro atoms. The first-order valence-electron chi connectivity index (χ1n) is 13.9. The van der Waals surface area contributed by atoms with Crippen molar-refractivity contribution in [2.45, 2.75) is 51.4 Å². The van der Waals surface area contributed by atoms with E-state index in [1.165, 1.54) is 0 Å². The first-order chi connectivity index (χ1) is 19.9. The molecule has 0 aromatic heterocycles. The number of ether oxygens (including phenoxy) is 1. The number of hydrazine groups is 2. The van der Waals surface area contributed by atoms with E-state index in [-0.39, 0.29) is 25.1 Å². The van der Waals surface area contributed by atoms with Crippen molar-refractivity contribution >= 4 is 61.5 Å². The smallest absolute Gasteiger partial charge is 0.410 e. The topological polar surface area (TPSA) is 97.4 Å². The summed E-state index contributed by atoms with van der Waals surface area (Å²) < 4.78 is 5.74. The van der Waals surface area contributed by atoms with Crippen LogP contribution in [0.1, 0.15) is 39.2 Å². The molecule has 3 N–H and O–H groups in total. The van der Waals surface area contributed by atoms with Crippen LogP contribution in [0.2, 0.25) is 10.0 Å². The fourth-order valence-corrected chi connectivity index (χ4v) is 5.93. The van der Waals surface area contributed by atoms with Gasteiger partial charge in [-0.25, -0.2) is 15.2 Å². The highest BCUT2D eigenvalue weighted by atomic mass is 35.5. The van der Waals surface area contributed by atoms with Crippen LogP contribution in [0.25, 0.3) is 6.08 Å². The molecule has 3 aliphatic rings. The van der Waals surface area contributed by atoms with Crippen LogP contribution in [-0.4, -0.2) is 70.9 Å². The summed E-state index contributed by atoms with van der Waals surface area (Å²) in [5, 5.41) is 15.5. The zero-order valence-corrected chi connectivity index (χ0v) is 26.5. The van der Waals surface area contributed by atoms with Crippen LogP contribution in [0.3, 0.4) is 0 Å². The third-order valence-electron chi connectivity index (χ3n) is 7.24. The second-order valence-electron chi connectivity index (χ2n) is 11.7. The average Bonchev–Trinajstić information content (AvgIpc) is 3.30. The van der Waals surface area contributed by atoms with Gasteiger partial charge < -0.3 is 9.84 Å². The van der Waals surface area contributed by atoms with Crippen LogP contribution < -0.4 is 21.2 Å². The summed E-state index contributed by atoms with van der Waals surface area (Å²) in [5.74, 6) is -0.274. The third kappa shape index (κ3) is 7.10. The molecule has 3 heterocycles. The first-order valence-corrected chi connectivity index (χ1v) is 15.2. The molecule has 2 unspecified atom stereocenters. The highest BCUT2D eigenvalue weighted by Crippen LogP contribution is 2.40. The lowest BCUT2D eigenvalue weighted by molar-refractivity contribution is -0.128. The molecule has 9 nitrogen and oxygen atoms in total. The second kappa shape index (κ2) is 12.5. The molecule has 2 aromatic rings. The minimum atomic E-state index is -0.804. The molecule has 12 heteroatoms. The second-order valence-corrected chi connectivity index (χ2v) is 13.2. The number of nitrogens with zero attached hydrogens (tertiary/aromatic N) is 3. The number of anilines is 1. The van der Waals surface area contributed by atoms with E-state index in [2.05, 4.69) is 20.1 Å². The number of halogens is 2. The summed E-state index contributed by atoms with van der Waals surface area (Å²) in [6, 6.07) is 12.4. The summed E-state index contributed by atoms with van der Waals surface area (Å²) >= 11 is 12.9. The van der Waals surface area contributed by atoms with Crippen LogP contribution >= 0.6 is 32.4 Å². The minimum Gasteiger partial charge on any atom is -0.444 e. The monoisotopic (exact) mass is 631 g/mol. The maximum absolute atomic E-state index is 13.8. The minimum absolute atomic E-state index is 0.178. The molecular weight excluding hydrogens is 596 g/mol. The van der Waals surface area contributed by atoms with Crippen molar-refractivity contribution in [3.63, 3.8) is 0 Å². The van der Waals surface area contributed by atoms with E-state index in [0.29, 0.717) is 47.2 Å². The van der Waals surface area contributed by atoms with Crippen molar-refractivity contribution in [2.75, 3.05) is 31.2 Å². The summed E-state index contributed by atoms with van der Waals surface area (Å²) in [4.78, 5) is 28.8. The van der Waals surface area contributed by atoms with Crippen molar-refractivity contribution in [3.8, 4) is 0 Å². The number of hydrogen-bond acceptors (Lipinski definition) is 7. The van der Waals surface area contributed by atoms with E-state index >= 15 is 0 Å². The SMILES string of the molecule is CC(C)(C)OC(=O)N1CC2=C(/C(=C/c3ccc(P)cc3)C1)N(c1ccc(Cl)cc1Cl)NC2C(=O)NN1CCC(O)CC1. The standard InChI is InChI=1S/C30H36Cl2N5O4P/c1-30(2,3)41-29(40)35-16-19(14-18-4-7-22(42)8-5-18)27-23(17-35)26(28(39)34-36-12-10-21(38)11-13-36)33-37(27)25-9-6-20(31)15-24(25)32/h4-9,14-15,21,26,33,38H,10-13,16-17,42H2,1-3H3,(H,34,39)/b19-14+. The maximum atomic E-state index is 13.8. The van der Waals surface area contributed by atoms with Gasteiger partial charge in [-0.05, 0) is 74.3 Å². The molecule has 42 heavy (non-hydrogen) atoms. The number of rotatable bonds is 4. The van der Waals surface area contributed by atoms with Gasteiger partial charge in [0.05, 0.1) is 29.1 Å². The summed E-state index contributed by atoms with van der Waals surface area (Å²) in [6.45, 7) is 7.00. The van der Waals surface area contributed by atoms with Crippen LogP contribution in [0.5, 0.6) is 0 Å². The fourth-order valence-electron chi connectivity index (χ4n) is 5.24. The van der Waals surface area contributed by atoms with Gasteiger partial charge in [0.2, 0.25) is 0 Å². The van der Waals surface area contributed by atoms with E-state index < -0.39 is 17.7 Å². The van der Waals surface area contributed by atoms with Crippen molar-refractivity contribution in [1.82, 2.24) is 20.8 Å². The normalized spacial score (nSPS) is 21.1. The van der Waals surface area contributed by atoms with Gasteiger partial charge in [-0.3, -0.25) is 20.1 Å². The number of benzene rings is 2. The fraction of sp³-hybridized carbons (Fsp3) is 0.400. The Kier molecular flexibility index (Phi) is 9.19. The molecule has 2 aromatic carbocycles. The number of aliphatic hydroxyl groups excluding tert-OH is 1. The predicted octanol–water partition coefficient (Wildman–Crippen LogP) is 4.26. The molecule has 1 saturated heterocycles. The van der Waals surface area contributed by atoms with E-state index in [0.717, 1.165) is 22.1 Å². The number of amides is 2. The van der Waals surface area contributed by atoms with Crippen molar-refractivity contribution in [2.24, 2.45) is 0 Å². The summed E-state index contributed by atoms with van der Waals surface area (Å²) in [5.41, 5.74) is 9.55. The molecule has 2 amide bonds. The van der Waals surface area contributed by atoms with Crippen LogP contribution in [-0.2, 0) is 9.53 Å². The Hall–Kier alpha value is -2.65. The molecule has 2 atom stereocenters. The highest BCUT2D eigenvalue weighted by molar-refractivity contribution is 7.27. The molecule has 0 radical (unpaired) electrons. The Morgan fingerprint density at radius 1 is 1.10 bits per heavy atom. The van der Waals surface area contributed by atoms with E-state index in [9.17, 15) is 14.7 Å². The van der Waals surface area contributed by atoms with Gasteiger partial charge in [-0.15, -0.1) is 9.24 Å². The lowest BCUT2D eigenvalue weighted by Crippen LogP contribution is -2.55. The predicted molar refractivity (Wildman–Crippen MR) is 169 cm³/mol. The quantitative estimate of drug-likeness (QED) is 0.434. The van der Waals surface area contributed by atoms with Crippen molar-refractivity contribution < 1.29 is 19.4 Å². The molecular formula is C30H36Cl2N5O4P. The molecule has 0 aliphatic carbocycles. The van der Waals surface area contributed by atoms with Gasteiger partial charge in [-0.2, -0.15) is 0 Å². The van der Waals surface area contributed by atoms with Gasteiger partial charge >= 0.3 is 6.09 Å². The Bertz CT molecular complexity index is 1420. The number of aliphatic hydroxyl groups is 1. The largest absolute Gasteiger partial charge is 0.444 e. The van der Waals surface area contributed by atoms with Gasteiger partial charge in [0.25, 0.3) is 5.91 Å². The lowest BCUT2D eigenvalue weighted by Gasteiger charge is -2.34. The third-order valence-corrected chi connectivity index (χ3v) is 8.16. The van der Waals surface area contributed by atoms with Crippen LogP contribution in [0.15, 0.2) is 59.3 Å². The van der Waals surface area contributed by atoms with Crippen molar-refractivity contribution in [3.05, 3.63) is 74.9 Å². The zero-order valence-electron chi connectivity index (χ0n) is 23.9. The van der Waals surface area contributed by atoms with Gasteiger partial charge in [-0.1, -0.05) is 47.5 Å². The molecule has 224 valence electrons. The Morgan fingerprint density at radius 3 is 2.43 bits per heavy atom. The summed E-state index contributed by atoms with van der Waals surface area (Å²) in [6.07, 6.45) is 2.34. The Balaban J connectivity index is 1.58. The number of carbonyl (C=O) groups is 2. The van der Waals surface area contributed by atoms with E-state index in [1.54, 1.807) is 23.1 Å². The summed E-state index contributed by atoms with van der Waals surface area (Å²) in [7, 11) is 2.68. The van der Waals surface area contributed by atoms with Crippen LogP contribution in [0.4, 0.5) is 10.5 Å².